The van der Waals surface area contributed by atoms with Crippen molar-refractivity contribution in [2.45, 2.75) is 19.9 Å². The lowest BCUT2D eigenvalue weighted by molar-refractivity contribution is -0.143. The highest BCUT2D eigenvalue weighted by molar-refractivity contribution is 6.23. The molecule has 1 amide bonds. The average Bonchev–Trinajstić information content (AvgIpc) is 2.92. The van der Waals surface area contributed by atoms with Gasteiger partial charge in [-0.15, -0.1) is 0 Å². The minimum atomic E-state index is -0.461. The fraction of sp³-hybridized carbons (Fsp3) is 0.200. The number of carbonyl (C=O) groups excluding carboxylic acids is 2. The first kappa shape index (κ1) is 16.0. The van der Waals surface area contributed by atoms with Gasteiger partial charge in [-0.1, -0.05) is 74.5 Å². The summed E-state index contributed by atoms with van der Waals surface area (Å²) in [6.07, 6.45) is 0. The standard InChI is InChI=1S/C20H19NO3/c1-13(2)20(23)24-18-16(14-9-5-3-6-10-14)19(22)21-17(18)15-11-7-4-8-12-15/h3-13,17H,1-2H3,(H,21,22). The van der Waals surface area contributed by atoms with Crippen LogP contribution in [-0.4, -0.2) is 11.9 Å². The Bertz CT molecular complexity index is 779. The van der Waals surface area contributed by atoms with Crippen molar-refractivity contribution in [3.05, 3.63) is 77.5 Å². The van der Waals surface area contributed by atoms with Crippen molar-refractivity contribution in [1.82, 2.24) is 5.32 Å². The van der Waals surface area contributed by atoms with E-state index in [2.05, 4.69) is 5.32 Å². The van der Waals surface area contributed by atoms with E-state index in [0.29, 0.717) is 11.3 Å². The number of esters is 1. The maximum atomic E-state index is 12.6. The maximum absolute atomic E-state index is 12.6. The van der Waals surface area contributed by atoms with Crippen molar-refractivity contribution in [3.8, 4) is 0 Å². The lowest BCUT2D eigenvalue weighted by Gasteiger charge is -2.17. The molecule has 1 aliphatic heterocycles. The monoisotopic (exact) mass is 321 g/mol. The van der Waals surface area contributed by atoms with Crippen molar-refractivity contribution < 1.29 is 14.3 Å². The van der Waals surface area contributed by atoms with E-state index in [1.54, 1.807) is 13.8 Å². The van der Waals surface area contributed by atoms with E-state index in [0.717, 1.165) is 11.1 Å². The quantitative estimate of drug-likeness (QED) is 0.877. The molecule has 0 bridgehead atoms. The van der Waals surface area contributed by atoms with Gasteiger partial charge in [0.2, 0.25) is 0 Å². The van der Waals surface area contributed by atoms with Gasteiger partial charge in [0.1, 0.15) is 11.8 Å². The van der Waals surface area contributed by atoms with Crippen LogP contribution in [0.2, 0.25) is 0 Å². The highest BCUT2D eigenvalue weighted by Gasteiger charge is 2.36. The van der Waals surface area contributed by atoms with Crippen LogP contribution in [0.25, 0.3) is 5.57 Å². The van der Waals surface area contributed by atoms with E-state index in [-0.39, 0.29) is 17.8 Å². The highest BCUT2D eigenvalue weighted by Crippen LogP contribution is 2.36. The number of rotatable bonds is 4. The molecular formula is C20H19NO3. The van der Waals surface area contributed by atoms with Crippen LogP contribution in [0.4, 0.5) is 0 Å². The average molecular weight is 321 g/mol. The summed E-state index contributed by atoms with van der Waals surface area (Å²) in [5.74, 6) is -0.491. The normalized spacial score (nSPS) is 17.1. The van der Waals surface area contributed by atoms with Crippen LogP contribution in [0.1, 0.15) is 31.0 Å². The summed E-state index contributed by atoms with van der Waals surface area (Å²) in [4.78, 5) is 24.7. The Morgan fingerprint density at radius 3 is 2.17 bits per heavy atom. The largest absolute Gasteiger partial charge is 0.427 e. The number of nitrogens with one attached hydrogen (secondary N) is 1. The summed E-state index contributed by atoms with van der Waals surface area (Å²) in [6.45, 7) is 3.54. The molecule has 1 atom stereocenters. The van der Waals surface area contributed by atoms with Gasteiger partial charge < -0.3 is 10.1 Å². The molecule has 4 heteroatoms. The Kier molecular flexibility index (Phi) is 4.47. The van der Waals surface area contributed by atoms with E-state index in [1.165, 1.54) is 0 Å². The summed E-state index contributed by atoms with van der Waals surface area (Å²) in [5.41, 5.74) is 2.03. The molecule has 3 rings (SSSR count). The summed E-state index contributed by atoms with van der Waals surface area (Å²) in [5, 5.41) is 2.92. The summed E-state index contributed by atoms with van der Waals surface area (Å²) >= 11 is 0. The van der Waals surface area contributed by atoms with Crippen LogP contribution >= 0.6 is 0 Å². The predicted molar refractivity (Wildman–Crippen MR) is 91.6 cm³/mol. The maximum Gasteiger partial charge on any atom is 0.313 e. The van der Waals surface area contributed by atoms with Crippen molar-refractivity contribution in [2.75, 3.05) is 0 Å². The fourth-order valence-corrected chi connectivity index (χ4v) is 2.62. The molecule has 0 fully saturated rings. The Balaban J connectivity index is 2.10. The van der Waals surface area contributed by atoms with Crippen LogP contribution in [0.5, 0.6) is 0 Å². The first-order chi connectivity index (χ1) is 11.6. The van der Waals surface area contributed by atoms with E-state index in [1.807, 2.05) is 60.7 Å². The SMILES string of the molecule is CC(C)C(=O)OC1=C(c2ccccc2)C(=O)NC1c1ccccc1. The molecule has 2 aromatic carbocycles. The second kappa shape index (κ2) is 6.71. The molecule has 4 nitrogen and oxygen atoms in total. The number of carbonyl (C=O) groups is 2. The van der Waals surface area contributed by atoms with Crippen molar-refractivity contribution in [1.29, 1.82) is 0 Å². The Hall–Kier alpha value is -2.88. The molecule has 0 saturated heterocycles. The first-order valence-electron chi connectivity index (χ1n) is 7.95. The molecule has 1 N–H and O–H groups in total. The summed E-state index contributed by atoms with van der Waals surface area (Å²) < 4.78 is 5.63. The van der Waals surface area contributed by atoms with Gasteiger partial charge in [-0.25, -0.2) is 0 Å². The van der Waals surface area contributed by atoms with Gasteiger partial charge in [-0.3, -0.25) is 9.59 Å². The molecule has 0 aromatic heterocycles. The Morgan fingerprint density at radius 1 is 1.00 bits per heavy atom. The number of amides is 1. The van der Waals surface area contributed by atoms with Crippen LogP contribution in [-0.2, 0) is 14.3 Å². The van der Waals surface area contributed by atoms with Crippen molar-refractivity contribution in [3.63, 3.8) is 0 Å². The second-order valence-electron chi connectivity index (χ2n) is 6.00. The highest BCUT2D eigenvalue weighted by atomic mass is 16.5. The van der Waals surface area contributed by atoms with Gasteiger partial charge in [0.25, 0.3) is 5.91 Å². The molecule has 1 aliphatic rings. The first-order valence-corrected chi connectivity index (χ1v) is 7.95. The Morgan fingerprint density at radius 2 is 1.58 bits per heavy atom. The molecule has 122 valence electrons. The molecular weight excluding hydrogens is 302 g/mol. The number of ether oxygens (including phenoxy) is 1. The molecule has 1 unspecified atom stereocenters. The van der Waals surface area contributed by atoms with Gasteiger partial charge >= 0.3 is 5.97 Å². The van der Waals surface area contributed by atoms with E-state index in [4.69, 9.17) is 4.74 Å². The molecule has 0 radical (unpaired) electrons. The zero-order valence-corrected chi connectivity index (χ0v) is 13.7. The zero-order chi connectivity index (χ0) is 17.1. The summed E-state index contributed by atoms with van der Waals surface area (Å²) in [6, 6.07) is 18.3. The van der Waals surface area contributed by atoms with Crippen LogP contribution in [0.15, 0.2) is 66.4 Å². The fourth-order valence-electron chi connectivity index (χ4n) is 2.62. The Labute approximate surface area is 141 Å². The molecule has 2 aromatic rings. The molecule has 0 saturated carbocycles. The van der Waals surface area contributed by atoms with Gasteiger partial charge in [0.05, 0.1) is 11.5 Å². The zero-order valence-electron chi connectivity index (χ0n) is 13.7. The number of hydrogen-bond donors (Lipinski definition) is 1. The van der Waals surface area contributed by atoms with E-state index >= 15 is 0 Å². The molecule has 0 aliphatic carbocycles. The lowest BCUT2D eigenvalue weighted by Crippen LogP contribution is -2.23. The molecule has 24 heavy (non-hydrogen) atoms. The third-order valence-electron chi connectivity index (χ3n) is 3.89. The van der Waals surface area contributed by atoms with Gasteiger partial charge in [-0.05, 0) is 11.1 Å². The lowest BCUT2D eigenvalue weighted by atomic mass is 10.0. The number of hydrogen-bond acceptors (Lipinski definition) is 3. The smallest absolute Gasteiger partial charge is 0.313 e. The third kappa shape index (κ3) is 3.08. The minimum absolute atomic E-state index is 0.235. The van der Waals surface area contributed by atoms with Gasteiger partial charge in [0, 0.05) is 0 Å². The number of benzene rings is 2. The van der Waals surface area contributed by atoms with Crippen LogP contribution in [0.3, 0.4) is 0 Å². The topological polar surface area (TPSA) is 55.4 Å². The second-order valence-corrected chi connectivity index (χ2v) is 6.00. The third-order valence-corrected chi connectivity index (χ3v) is 3.89. The van der Waals surface area contributed by atoms with E-state index < -0.39 is 6.04 Å². The van der Waals surface area contributed by atoms with Crippen LogP contribution < -0.4 is 5.32 Å². The predicted octanol–water partition coefficient (Wildman–Crippen LogP) is 3.47. The molecule has 0 spiro atoms. The van der Waals surface area contributed by atoms with E-state index in [9.17, 15) is 9.59 Å². The summed E-state index contributed by atoms with van der Waals surface area (Å²) in [7, 11) is 0. The van der Waals surface area contributed by atoms with Crippen molar-refractivity contribution >= 4 is 17.4 Å². The van der Waals surface area contributed by atoms with Crippen LogP contribution in [0, 0.1) is 5.92 Å². The van der Waals surface area contributed by atoms with Gasteiger partial charge in [-0.2, -0.15) is 0 Å². The minimum Gasteiger partial charge on any atom is -0.427 e. The van der Waals surface area contributed by atoms with Crippen molar-refractivity contribution in [2.24, 2.45) is 5.92 Å². The van der Waals surface area contributed by atoms with Gasteiger partial charge in [0.15, 0.2) is 0 Å². The molecule has 1 heterocycles.